The summed E-state index contributed by atoms with van der Waals surface area (Å²) in [6.45, 7) is 1.74. The highest BCUT2D eigenvalue weighted by Gasteiger charge is 2.36. The molecule has 1 aliphatic rings. The van der Waals surface area contributed by atoms with Crippen LogP contribution in [0.4, 0.5) is 11.4 Å². The van der Waals surface area contributed by atoms with Crippen molar-refractivity contribution in [3.63, 3.8) is 0 Å². The van der Waals surface area contributed by atoms with Crippen molar-refractivity contribution in [3.8, 4) is 23.3 Å². The van der Waals surface area contributed by atoms with Crippen LogP contribution in [0.1, 0.15) is 18.6 Å². The van der Waals surface area contributed by atoms with Gasteiger partial charge in [0.25, 0.3) is 5.91 Å². The number of carbonyl (C=O) groups excluding carboxylic acids is 2. The van der Waals surface area contributed by atoms with E-state index in [1.54, 1.807) is 68.6 Å². The molecule has 1 aliphatic heterocycles. The van der Waals surface area contributed by atoms with E-state index in [-0.39, 0.29) is 17.2 Å². The van der Waals surface area contributed by atoms with Crippen molar-refractivity contribution < 1.29 is 28.2 Å². The van der Waals surface area contributed by atoms with Gasteiger partial charge in [0.1, 0.15) is 23.0 Å². The van der Waals surface area contributed by atoms with Crippen molar-refractivity contribution in [1.82, 2.24) is 5.32 Å². The summed E-state index contributed by atoms with van der Waals surface area (Å²) in [7, 11) is 4.60. The monoisotopic (exact) mass is 560 g/mol. The molecule has 206 valence electrons. The number of furan rings is 1. The lowest BCUT2D eigenvalue weighted by atomic mass is 9.85. The number of dihydropyridines is 1. The number of nitrogens with zero attached hydrogens (tertiary/aromatic N) is 1. The molecule has 0 unspecified atom stereocenters. The van der Waals surface area contributed by atoms with Crippen LogP contribution in [-0.2, 0) is 9.59 Å². The summed E-state index contributed by atoms with van der Waals surface area (Å²) in [6, 6.07) is 17.6. The Bertz CT molecular complexity index is 1490. The summed E-state index contributed by atoms with van der Waals surface area (Å²) in [5, 5.41) is 19.5. The Morgan fingerprint density at radius 1 is 1.02 bits per heavy atom. The van der Waals surface area contributed by atoms with Crippen LogP contribution in [0, 0.1) is 11.3 Å². The Morgan fingerprint density at radius 3 is 2.38 bits per heavy atom. The Hall–Kier alpha value is -4.82. The summed E-state index contributed by atoms with van der Waals surface area (Å²) in [5.41, 5.74) is 2.09. The molecule has 0 saturated heterocycles. The number of methoxy groups -OCH3 is 3. The third kappa shape index (κ3) is 6.24. The maximum atomic E-state index is 13.7. The molecule has 2 heterocycles. The number of allylic oxidation sites excluding steroid dienone is 2. The van der Waals surface area contributed by atoms with Gasteiger partial charge in [-0.2, -0.15) is 5.26 Å². The summed E-state index contributed by atoms with van der Waals surface area (Å²) in [4.78, 5) is 26.3. The van der Waals surface area contributed by atoms with E-state index < -0.39 is 11.8 Å². The predicted molar refractivity (Wildman–Crippen MR) is 152 cm³/mol. The van der Waals surface area contributed by atoms with E-state index in [9.17, 15) is 14.9 Å². The van der Waals surface area contributed by atoms with Crippen molar-refractivity contribution in [2.45, 2.75) is 12.8 Å². The first-order chi connectivity index (χ1) is 19.4. The smallest absolute Gasteiger partial charge is 0.254 e. The van der Waals surface area contributed by atoms with Gasteiger partial charge in [-0.25, -0.2) is 0 Å². The van der Waals surface area contributed by atoms with Gasteiger partial charge in [0.15, 0.2) is 0 Å². The minimum Gasteiger partial charge on any atom is -0.497 e. The Morgan fingerprint density at radius 2 is 1.75 bits per heavy atom. The van der Waals surface area contributed by atoms with Crippen LogP contribution in [0.25, 0.3) is 0 Å². The molecule has 0 aliphatic carbocycles. The quantitative estimate of drug-likeness (QED) is 0.313. The van der Waals surface area contributed by atoms with E-state index in [0.29, 0.717) is 50.7 Å². The summed E-state index contributed by atoms with van der Waals surface area (Å²) >= 11 is 1.16. The zero-order valence-corrected chi connectivity index (χ0v) is 23.2. The number of ether oxygens (including phenoxy) is 3. The molecule has 3 N–H and O–H groups in total. The van der Waals surface area contributed by atoms with Gasteiger partial charge in [0, 0.05) is 17.5 Å². The van der Waals surface area contributed by atoms with Gasteiger partial charge in [-0.15, -0.1) is 0 Å². The largest absolute Gasteiger partial charge is 0.497 e. The molecule has 1 aromatic heterocycles. The van der Waals surface area contributed by atoms with Crippen molar-refractivity contribution in [2.75, 3.05) is 37.7 Å². The molecular formula is C29H28N4O6S. The van der Waals surface area contributed by atoms with E-state index in [1.807, 2.05) is 0 Å². The second-order valence-corrected chi connectivity index (χ2v) is 9.54. The van der Waals surface area contributed by atoms with Crippen molar-refractivity contribution in [1.29, 1.82) is 5.26 Å². The van der Waals surface area contributed by atoms with Crippen molar-refractivity contribution in [2.24, 2.45) is 0 Å². The maximum Gasteiger partial charge on any atom is 0.254 e. The first kappa shape index (κ1) is 28.2. The maximum absolute atomic E-state index is 13.7. The Labute approximate surface area is 236 Å². The molecule has 40 heavy (non-hydrogen) atoms. The SMILES string of the molecule is COc1ccc(NC(=O)CSC2=C(C#N)[C@H](c3ccco3)C(C(=O)Nc3cc(OC)ccc3OC)=C(C)N2)cc1. The zero-order valence-electron chi connectivity index (χ0n) is 22.4. The molecule has 0 radical (unpaired) electrons. The second-order valence-electron chi connectivity index (χ2n) is 8.55. The van der Waals surface area contributed by atoms with Crippen LogP contribution in [0.3, 0.4) is 0 Å². The predicted octanol–water partition coefficient (Wildman–Crippen LogP) is 5.01. The molecule has 0 fully saturated rings. The van der Waals surface area contributed by atoms with Gasteiger partial charge < -0.3 is 34.6 Å². The second kappa shape index (κ2) is 12.8. The summed E-state index contributed by atoms with van der Waals surface area (Å²) in [6.07, 6.45) is 1.48. The highest BCUT2D eigenvalue weighted by molar-refractivity contribution is 8.03. The lowest BCUT2D eigenvalue weighted by molar-refractivity contribution is -0.114. The van der Waals surface area contributed by atoms with E-state index >= 15 is 0 Å². The van der Waals surface area contributed by atoms with Crippen LogP contribution in [0.15, 0.2) is 87.1 Å². The van der Waals surface area contributed by atoms with E-state index in [4.69, 9.17) is 18.6 Å². The number of carbonyl (C=O) groups is 2. The molecule has 2 aromatic carbocycles. The number of hydrogen-bond acceptors (Lipinski definition) is 9. The molecule has 1 atom stereocenters. The number of nitrogens with one attached hydrogen (secondary N) is 3. The minimum absolute atomic E-state index is 0.0280. The third-order valence-corrected chi connectivity index (χ3v) is 7.11. The van der Waals surface area contributed by atoms with Crippen LogP contribution in [0.5, 0.6) is 17.2 Å². The average Bonchev–Trinajstić information content (AvgIpc) is 3.50. The molecule has 4 rings (SSSR count). The number of hydrogen-bond donors (Lipinski definition) is 3. The Balaban J connectivity index is 1.58. The van der Waals surface area contributed by atoms with Crippen LogP contribution >= 0.6 is 11.8 Å². The van der Waals surface area contributed by atoms with Crippen LogP contribution in [-0.4, -0.2) is 38.9 Å². The van der Waals surface area contributed by atoms with Gasteiger partial charge in [0.2, 0.25) is 5.91 Å². The van der Waals surface area contributed by atoms with Crippen LogP contribution < -0.4 is 30.2 Å². The number of anilines is 2. The van der Waals surface area contributed by atoms with E-state index in [0.717, 1.165) is 11.8 Å². The minimum atomic E-state index is -0.801. The zero-order chi connectivity index (χ0) is 28.6. The number of thioether (sulfide) groups is 1. The molecule has 3 aromatic rings. The van der Waals surface area contributed by atoms with Gasteiger partial charge in [-0.1, -0.05) is 11.8 Å². The lowest BCUT2D eigenvalue weighted by Crippen LogP contribution is -2.31. The number of rotatable bonds is 10. The molecule has 0 bridgehead atoms. The molecule has 2 amide bonds. The third-order valence-electron chi connectivity index (χ3n) is 6.10. The highest BCUT2D eigenvalue weighted by Crippen LogP contribution is 2.41. The fourth-order valence-corrected chi connectivity index (χ4v) is 5.07. The molecule has 0 spiro atoms. The van der Waals surface area contributed by atoms with Crippen molar-refractivity contribution in [3.05, 3.63) is 88.5 Å². The first-order valence-electron chi connectivity index (χ1n) is 12.1. The van der Waals surface area contributed by atoms with Crippen LogP contribution in [0.2, 0.25) is 0 Å². The Kier molecular flexibility index (Phi) is 9.04. The molecule has 10 nitrogen and oxygen atoms in total. The van der Waals surface area contributed by atoms with Gasteiger partial charge in [-0.05, 0) is 55.5 Å². The summed E-state index contributed by atoms with van der Waals surface area (Å²) < 4.78 is 21.5. The van der Waals surface area contributed by atoms with Gasteiger partial charge in [0.05, 0.1) is 67.2 Å². The molecule has 0 saturated carbocycles. The first-order valence-corrected chi connectivity index (χ1v) is 13.1. The average molecular weight is 561 g/mol. The fraction of sp³-hybridized carbons (Fsp3) is 0.207. The highest BCUT2D eigenvalue weighted by atomic mass is 32.2. The topological polar surface area (TPSA) is 135 Å². The normalized spacial score (nSPS) is 14.6. The standard InChI is InChI=1S/C29H28N4O6S/c1-17-26(28(35)33-22-14-20(37-3)11-12-23(22)38-4)27(24-6-5-13-39-24)21(15-30)29(31-17)40-16-25(34)32-18-7-9-19(36-2)10-8-18/h5-14,27,31H,16H2,1-4H3,(H,32,34)(H,33,35)/t27-/m1/s1. The summed E-state index contributed by atoms with van der Waals surface area (Å²) in [5.74, 6) is 0.597. The fourth-order valence-electron chi connectivity index (χ4n) is 4.18. The molecular weight excluding hydrogens is 532 g/mol. The lowest BCUT2D eigenvalue weighted by Gasteiger charge is -2.28. The van der Waals surface area contributed by atoms with Gasteiger partial charge in [-0.3, -0.25) is 9.59 Å². The number of benzene rings is 2. The van der Waals surface area contributed by atoms with E-state index in [2.05, 4.69) is 22.0 Å². The number of amides is 2. The molecule has 11 heteroatoms. The van der Waals surface area contributed by atoms with E-state index in [1.165, 1.54) is 20.5 Å². The van der Waals surface area contributed by atoms with Crippen molar-refractivity contribution >= 4 is 35.0 Å². The van der Waals surface area contributed by atoms with Gasteiger partial charge >= 0.3 is 0 Å². The number of nitriles is 1.